The van der Waals surface area contributed by atoms with Gasteiger partial charge in [-0.05, 0) is 49.4 Å². The van der Waals surface area contributed by atoms with Crippen molar-refractivity contribution in [3.63, 3.8) is 0 Å². The van der Waals surface area contributed by atoms with Gasteiger partial charge in [-0.1, -0.05) is 22.9 Å². The Labute approximate surface area is 200 Å². The molecule has 4 aromatic rings. The fourth-order valence-corrected chi connectivity index (χ4v) is 5.07. The van der Waals surface area contributed by atoms with Gasteiger partial charge >= 0.3 is 0 Å². The van der Waals surface area contributed by atoms with Gasteiger partial charge < -0.3 is 19.9 Å². The number of nitrogens with zero attached hydrogens (tertiary/aromatic N) is 4. The Hall–Kier alpha value is -2.72. The van der Waals surface area contributed by atoms with Gasteiger partial charge in [-0.2, -0.15) is 0 Å². The van der Waals surface area contributed by atoms with Gasteiger partial charge in [0.1, 0.15) is 0 Å². The third kappa shape index (κ3) is 4.96. The normalized spacial score (nSPS) is 14.7. The largest absolute Gasteiger partial charge is 0.379 e. The van der Waals surface area contributed by atoms with Crippen molar-refractivity contribution in [2.45, 2.75) is 6.42 Å². The van der Waals surface area contributed by atoms with Crippen molar-refractivity contribution in [3.05, 3.63) is 47.0 Å². The molecule has 0 unspecified atom stereocenters. The van der Waals surface area contributed by atoms with E-state index >= 15 is 0 Å². The molecular weight excluding hydrogens is 460 g/mol. The number of fused-ring (bicyclic) bond motifs is 2. The molecule has 1 fully saturated rings. The zero-order chi connectivity index (χ0) is 22.8. The summed E-state index contributed by atoms with van der Waals surface area (Å²) in [5, 5.41) is 7.74. The van der Waals surface area contributed by atoms with Crippen LogP contribution >= 0.6 is 22.9 Å². The summed E-state index contributed by atoms with van der Waals surface area (Å²) in [6.07, 6.45) is 0.916. The summed E-state index contributed by atoms with van der Waals surface area (Å²) in [7, 11) is 1.94. The molecule has 8 nitrogen and oxygen atoms in total. The quantitative estimate of drug-likeness (QED) is 0.385. The summed E-state index contributed by atoms with van der Waals surface area (Å²) in [6.45, 7) is 5.12. The molecule has 0 saturated carbocycles. The fourth-order valence-electron chi connectivity index (χ4n) is 3.93. The first kappa shape index (κ1) is 22.1. The number of rotatable bonds is 7. The predicted octanol–water partition coefficient (Wildman–Crippen LogP) is 4.03. The number of aromatic nitrogens is 3. The summed E-state index contributed by atoms with van der Waals surface area (Å²) in [5.41, 5.74) is 3.18. The van der Waals surface area contributed by atoms with Gasteiger partial charge in [-0.25, -0.2) is 9.97 Å². The van der Waals surface area contributed by atoms with E-state index in [0.29, 0.717) is 23.1 Å². The third-order valence-corrected chi connectivity index (χ3v) is 6.92. The summed E-state index contributed by atoms with van der Waals surface area (Å²) < 4.78 is 8.33. The average Bonchev–Trinajstić information content (AvgIpc) is 3.36. The first-order chi connectivity index (χ1) is 16.1. The average molecular weight is 485 g/mol. The number of halogens is 1. The molecule has 0 aliphatic carbocycles. The standard InChI is InChI=1S/C23H25ClN6O2S/c1-29-19-6-3-15(21(31)25-7-2-8-30-9-11-32-12-10-30)13-18(19)26-22(29)28-23-27-17-5-4-16(24)14-20(17)33-23/h3-6,13-14H,2,7-12H2,1H3,(H,25,31)(H,26,27,28). The number of morpholine rings is 1. The molecule has 3 heterocycles. The molecule has 1 aliphatic rings. The van der Waals surface area contributed by atoms with Crippen LogP contribution in [0.2, 0.25) is 5.02 Å². The Bertz CT molecular complexity index is 1300. The predicted molar refractivity (Wildman–Crippen MR) is 133 cm³/mol. The molecule has 2 aromatic carbocycles. The van der Waals surface area contributed by atoms with E-state index in [0.717, 1.165) is 65.7 Å². The van der Waals surface area contributed by atoms with Gasteiger partial charge in [0.2, 0.25) is 5.95 Å². The molecule has 0 radical (unpaired) electrons. The highest BCUT2D eigenvalue weighted by Crippen LogP contribution is 2.31. The first-order valence-corrected chi connectivity index (χ1v) is 12.1. The maximum absolute atomic E-state index is 12.6. The lowest BCUT2D eigenvalue weighted by Gasteiger charge is -2.26. The lowest BCUT2D eigenvalue weighted by molar-refractivity contribution is 0.0374. The first-order valence-electron chi connectivity index (χ1n) is 10.9. The molecule has 5 rings (SSSR count). The second-order valence-corrected chi connectivity index (χ2v) is 9.48. The second-order valence-electron chi connectivity index (χ2n) is 8.02. The monoisotopic (exact) mass is 484 g/mol. The van der Waals surface area contributed by atoms with Crippen molar-refractivity contribution >= 4 is 61.2 Å². The van der Waals surface area contributed by atoms with Crippen LogP contribution in [0.3, 0.4) is 0 Å². The van der Waals surface area contributed by atoms with E-state index < -0.39 is 0 Å². The van der Waals surface area contributed by atoms with Crippen molar-refractivity contribution in [2.75, 3.05) is 44.7 Å². The zero-order valence-electron chi connectivity index (χ0n) is 18.3. The molecule has 0 bridgehead atoms. The van der Waals surface area contributed by atoms with Gasteiger partial charge in [0.25, 0.3) is 5.91 Å². The van der Waals surface area contributed by atoms with Gasteiger partial charge in [-0.15, -0.1) is 0 Å². The second kappa shape index (κ2) is 9.64. The van der Waals surface area contributed by atoms with Crippen molar-refractivity contribution < 1.29 is 9.53 Å². The number of carbonyl (C=O) groups is 1. The smallest absolute Gasteiger partial charge is 0.251 e. The van der Waals surface area contributed by atoms with Gasteiger partial charge in [0, 0.05) is 37.3 Å². The van der Waals surface area contributed by atoms with E-state index in [9.17, 15) is 4.79 Å². The molecular formula is C23H25ClN6O2S. The minimum absolute atomic E-state index is 0.0814. The zero-order valence-corrected chi connectivity index (χ0v) is 19.9. The van der Waals surface area contributed by atoms with Crippen molar-refractivity contribution in [3.8, 4) is 0 Å². The van der Waals surface area contributed by atoms with Crippen molar-refractivity contribution in [1.82, 2.24) is 24.8 Å². The molecule has 2 aromatic heterocycles. The Morgan fingerprint density at radius 1 is 1.15 bits per heavy atom. The molecule has 1 aliphatic heterocycles. The Kier molecular flexibility index (Phi) is 6.45. The van der Waals surface area contributed by atoms with E-state index in [4.69, 9.17) is 16.3 Å². The molecule has 1 amide bonds. The Morgan fingerprint density at radius 3 is 2.85 bits per heavy atom. The van der Waals surface area contributed by atoms with Crippen molar-refractivity contribution in [1.29, 1.82) is 0 Å². The van der Waals surface area contributed by atoms with Crippen LogP contribution in [0.5, 0.6) is 0 Å². The summed E-state index contributed by atoms with van der Waals surface area (Å²) in [6, 6.07) is 11.2. The summed E-state index contributed by atoms with van der Waals surface area (Å²) in [5.74, 6) is 0.584. The molecule has 0 atom stereocenters. The molecule has 1 saturated heterocycles. The highest BCUT2D eigenvalue weighted by molar-refractivity contribution is 7.22. The number of amides is 1. The maximum atomic E-state index is 12.6. The number of thiazole rings is 1. The molecule has 2 N–H and O–H groups in total. The van der Waals surface area contributed by atoms with Crippen LogP contribution in [0, 0.1) is 0 Å². The van der Waals surface area contributed by atoms with E-state index in [2.05, 4.69) is 25.5 Å². The van der Waals surface area contributed by atoms with Gasteiger partial charge in [0.15, 0.2) is 5.13 Å². The van der Waals surface area contributed by atoms with Crippen LogP contribution in [0.4, 0.5) is 11.1 Å². The molecule has 33 heavy (non-hydrogen) atoms. The summed E-state index contributed by atoms with van der Waals surface area (Å²) in [4.78, 5) is 24.3. The number of ether oxygens (including phenoxy) is 1. The third-order valence-electron chi connectivity index (χ3n) is 5.75. The minimum Gasteiger partial charge on any atom is -0.379 e. The molecule has 172 valence electrons. The Morgan fingerprint density at radius 2 is 2.00 bits per heavy atom. The number of imidazole rings is 1. The van der Waals surface area contributed by atoms with Crippen LogP contribution in [0.15, 0.2) is 36.4 Å². The van der Waals surface area contributed by atoms with E-state index in [1.807, 2.05) is 48.0 Å². The highest BCUT2D eigenvalue weighted by atomic mass is 35.5. The molecule has 0 spiro atoms. The van der Waals surface area contributed by atoms with E-state index in [-0.39, 0.29) is 5.91 Å². The van der Waals surface area contributed by atoms with Crippen LogP contribution < -0.4 is 10.6 Å². The lowest BCUT2D eigenvalue weighted by atomic mass is 10.2. The number of aryl methyl sites for hydroxylation is 1. The lowest BCUT2D eigenvalue weighted by Crippen LogP contribution is -2.38. The number of benzene rings is 2. The van der Waals surface area contributed by atoms with E-state index in [1.54, 1.807) is 0 Å². The van der Waals surface area contributed by atoms with Gasteiger partial charge in [0.05, 0.1) is 34.5 Å². The van der Waals surface area contributed by atoms with Gasteiger partial charge in [-0.3, -0.25) is 9.69 Å². The van der Waals surface area contributed by atoms with Crippen LogP contribution in [-0.4, -0.2) is 64.7 Å². The van der Waals surface area contributed by atoms with E-state index in [1.165, 1.54) is 11.3 Å². The van der Waals surface area contributed by atoms with Crippen LogP contribution in [0.25, 0.3) is 21.3 Å². The fraction of sp³-hybridized carbons (Fsp3) is 0.348. The topological polar surface area (TPSA) is 84.3 Å². The molecule has 10 heteroatoms. The number of hydrogen-bond acceptors (Lipinski definition) is 7. The van der Waals surface area contributed by atoms with Crippen LogP contribution in [-0.2, 0) is 11.8 Å². The SMILES string of the molecule is Cn1c(Nc2nc3ccc(Cl)cc3s2)nc2cc(C(=O)NCCCN3CCOCC3)ccc21. The van der Waals surface area contributed by atoms with Crippen LogP contribution in [0.1, 0.15) is 16.8 Å². The number of anilines is 2. The van der Waals surface area contributed by atoms with Crippen molar-refractivity contribution in [2.24, 2.45) is 7.05 Å². The maximum Gasteiger partial charge on any atom is 0.251 e. The summed E-state index contributed by atoms with van der Waals surface area (Å²) >= 11 is 7.61. The Balaban J connectivity index is 1.24. The number of hydrogen-bond donors (Lipinski definition) is 2. The number of nitrogens with one attached hydrogen (secondary N) is 2. The number of carbonyl (C=O) groups excluding carboxylic acids is 1. The highest BCUT2D eigenvalue weighted by Gasteiger charge is 2.14. The minimum atomic E-state index is -0.0814.